The van der Waals surface area contributed by atoms with Gasteiger partial charge in [-0.15, -0.1) is 0 Å². The molecular weight excluding hydrogens is 224 g/mol. The van der Waals surface area contributed by atoms with Crippen LogP contribution in [-0.2, 0) is 15.6 Å². The zero-order valence-corrected chi connectivity index (χ0v) is 12.1. The van der Waals surface area contributed by atoms with Crippen molar-refractivity contribution >= 4 is 5.97 Å². The molecule has 0 heterocycles. The van der Waals surface area contributed by atoms with Gasteiger partial charge in [-0.2, -0.15) is 0 Å². The van der Waals surface area contributed by atoms with Crippen LogP contribution in [0.25, 0.3) is 0 Å². The minimum atomic E-state index is -0.752. The SMILES string of the molecule is CCC(C)(C)c1ccc(C(C)(C)CC(=O)O)cc1. The predicted octanol–water partition coefficient (Wildman–Crippen LogP) is 4.13. The molecule has 1 N–H and O–H groups in total. The molecule has 0 amide bonds. The number of carbonyl (C=O) groups is 1. The summed E-state index contributed by atoms with van der Waals surface area (Å²) in [6, 6.07) is 8.39. The molecule has 2 nitrogen and oxygen atoms in total. The number of aliphatic carboxylic acids is 1. The average molecular weight is 248 g/mol. The standard InChI is InChI=1S/C16H24O2/c1-6-15(2,3)12-7-9-13(10-8-12)16(4,5)11-14(17)18/h7-10H,6,11H2,1-5H3,(H,17,18). The second kappa shape index (κ2) is 5.13. The molecule has 0 aliphatic heterocycles. The van der Waals surface area contributed by atoms with Gasteiger partial charge in [0.15, 0.2) is 0 Å². The molecule has 0 aliphatic rings. The largest absolute Gasteiger partial charge is 0.481 e. The summed E-state index contributed by atoms with van der Waals surface area (Å²) in [4.78, 5) is 10.9. The molecule has 100 valence electrons. The summed E-state index contributed by atoms with van der Waals surface area (Å²) in [5.74, 6) is -0.752. The highest BCUT2D eigenvalue weighted by Crippen LogP contribution is 2.31. The van der Waals surface area contributed by atoms with Gasteiger partial charge in [-0.1, -0.05) is 58.9 Å². The summed E-state index contributed by atoms with van der Waals surface area (Å²) in [6.07, 6.45) is 1.24. The van der Waals surface area contributed by atoms with Gasteiger partial charge >= 0.3 is 5.97 Å². The lowest BCUT2D eigenvalue weighted by molar-refractivity contribution is -0.138. The second-order valence-electron chi connectivity index (χ2n) is 6.27. The smallest absolute Gasteiger partial charge is 0.304 e. The Balaban J connectivity index is 2.99. The van der Waals surface area contributed by atoms with E-state index in [0.29, 0.717) is 0 Å². The van der Waals surface area contributed by atoms with Crippen molar-refractivity contribution in [1.29, 1.82) is 0 Å². The van der Waals surface area contributed by atoms with E-state index in [9.17, 15) is 4.79 Å². The fraction of sp³-hybridized carbons (Fsp3) is 0.562. The Labute approximate surface area is 110 Å². The van der Waals surface area contributed by atoms with Crippen molar-refractivity contribution in [3.63, 3.8) is 0 Å². The summed E-state index contributed by atoms with van der Waals surface area (Å²) in [6.45, 7) is 10.6. The third-order valence-corrected chi connectivity index (χ3v) is 3.92. The van der Waals surface area contributed by atoms with E-state index in [-0.39, 0.29) is 17.3 Å². The number of carboxylic acids is 1. The first kappa shape index (κ1) is 14.7. The van der Waals surface area contributed by atoms with E-state index in [1.807, 2.05) is 13.8 Å². The summed E-state index contributed by atoms with van der Waals surface area (Å²) in [7, 11) is 0. The van der Waals surface area contributed by atoms with E-state index in [1.54, 1.807) is 0 Å². The summed E-state index contributed by atoms with van der Waals surface area (Å²) in [5, 5.41) is 8.93. The topological polar surface area (TPSA) is 37.3 Å². The van der Waals surface area contributed by atoms with E-state index in [1.165, 1.54) is 5.56 Å². The average Bonchev–Trinajstić information content (AvgIpc) is 2.27. The van der Waals surface area contributed by atoms with E-state index < -0.39 is 5.97 Å². The van der Waals surface area contributed by atoms with Crippen LogP contribution in [-0.4, -0.2) is 11.1 Å². The van der Waals surface area contributed by atoms with Gasteiger partial charge in [0.05, 0.1) is 6.42 Å². The lowest BCUT2D eigenvalue weighted by atomic mass is 9.78. The first-order valence-electron chi connectivity index (χ1n) is 6.52. The number of carboxylic acid groups (broad SMARTS) is 1. The molecule has 0 fully saturated rings. The third-order valence-electron chi connectivity index (χ3n) is 3.92. The Morgan fingerprint density at radius 2 is 1.39 bits per heavy atom. The van der Waals surface area contributed by atoms with Gasteiger partial charge < -0.3 is 5.11 Å². The number of benzene rings is 1. The molecule has 1 aromatic rings. The van der Waals surface area contributed by atoms with Gasteiger partial charge in [0.25, 0.3) is 0 Å². The van der Waals surface area contributed by atoms with Crippen molar-refractivity contribution < 1.29 is 9.90 Å². The van der Waals surface area contributed by atoms with E-state index >= 15 is 0 Å². The molecule has 0 radical (unpaired) electrons. The minimum Gasteiger partial charge on any atom is -0.481 e. The number of rotatable bonds is 5. The highest BCUT2D eigenvalue weighted by molar-refractivity contribution is 5.68. The maximum Gasteiger partial charge on any atom is 0.304 e. The zero-order chi connectivity index (χ0) is 14.0. The molecule has 18 heavy (non-hydrogen) atoms. The Morgan fingerprint density at radius 3 is 1.72 bits per heavy atom. The van der Waals surface area contributed by atoms with Crippen molar-refractivity contribution in [3.05, 3.63) is 35.4 Å². The highest BCUT2D eigenvalue weighted by atomic mass is 16.4. The summed E-state index contributed by atoms with van der Waals surface area (Å²) < 4.78 is 0. The molecule has 0 atom stereocenters. The molecule has 0 saturated carbocycles. The van der Waals surface area contributed by atoms with Crippen LogP contribution in [0.5, 0.6) is 0 Å². The van der Waals surface area contributed by atoms with Gasteiger partial charge in [0, 0.05) is 5.41 Å². The van der Waals surface area contributed by atoms with Crippen molar-refractivity contribution in [1.82, 2.24) is 0 Å². The van der Waals surface area contributed by atoms with E-state index in [4.69, 9.17) is 5.11 Å². The maximum absolute atomic E-state index is 10.9. The first-order chi connectivity index (χ1) is 8.19. The minimum absolute atomic E-state index is 0.156. The number of hydrogen-bond acceptors (Lipinski definition) is 1. The van der Waals surface area contributed by atoms with Crippen LogP contribution in [0.4, 0.5) is 0 Å². The van der Waals surface area contributed by atoms with Crippen LogP contribution < -0.4 is 0 Å². The molecule has 0 unspecified atom stereocenters. The Bertz CT molecular complexity index is 413. The molecule has 0 saturated heterocycles. The Morgan fingerprint density at radius 1 is 1.00 bits per heavy atom. The van der Waals surface area contributed by atoms with Crippen LogP contribution in [0.15, 0.2) is 24.3 Å². The third kappa shape index (κ3) is 3.34. The predicted molar refractivity (Wildman–Crippen MR) is 75.0 cm³/mol. The molecule has 1 aromatic carbocycles. The number of hydrogen-bond donors (Lipinski definition) is 1. The summed E-state index contributed by atoms with van der Waals surface area (Å²) in [5.41, 5.74) is 2.25. The van der Waals surface area contributed by atoms with Gasteiger partial charge in [-0.05, 0) is 23.0 Å². The van der Waals surface area contributed by atoms with Gasteiger partial charge in [-0.3, -0.25) is 4.79 Å². The summed E-state index contributed by atoms with van der Waals surface area (Å²) >= 11 is 0. The molecule has 2 heteroatoms. The zero-order valence-electron chi connectivity index (χ0n) is 12.1. The van der Waals surface area contributed by atoms with Crippen LogP contribution in [0.2, 0.25) is 0 Å². The Kier molecular flexibility index (Phi) is 4.20. The molecular formula is C16H24O2. The highest BCUT2D eigenvalue weighted by Gasteiger charge is 2.25. The Hall–Kier alpha value is -1.31. The molecule has 1 rings (SSSR count). The molecule has 0 spiro atoms. The van der Waals surface area contributed by atoms with Crippen molar-refractivity contribution in [2.75, 3.05) is 0 Å². The van der Waals surface area contributed by atoms with Crippen molar-refractivity contribution in [3.8, 4) is 0 Å². The molecule has 0 aromatic heterocycles. The van der Waals surface area contributed by atoms with E-state index in [0.717, 1.165) is 12.0 Å². The normalized spacial score (nSPS) is 12.5. The van der Waals surface area contributed by atoms with Crippen molar-refractivity contribution in [2.45, 2.75) is 58.3 Å². The fourth-order valence-electron chi connectivity index (χ4n) is 2.06. The monoisotopic (exact) mass is 248 g/mol. The lowest BCUT2D eigenvalue weighted by Crippen LogP contribution is -2.22. The fourth-order valence-corrected chi connectivity index (χ4v) is 2.06. The van der Waals surface area contributed by atoms with Crippen LogP contribution >= 0.6 is 0 Å². The van der Waals surface area contributed by atoms with Crippen molar-refractivity contribution in [2.24, 2.45) is 0 Å². The van der Waals surface area contributed by atoms with E-state index in [2.05, 4.69) is 45.0 Å². The van der Waals surface area contributed by atoms with Gasteiger partial charge in [0.1, 0.15) is 0 Å². The van der Waals surface area contributed by atoms with Gasteiger partial charge in [-0.25, -0.2) is 0 Å². The van der Waals surface area contributed by atoms with Crippen LogP contribution in [0.1, 0.15) is 58.6 Å². The van der Waals surface area contributed by atoms with Gasteiger partial charge in [0.2, 0.25) is 0 Å². The quantitative estimate of drug-likeness (QED) is 0.850. The van der Waals surface area contributed by atoms with Crippen LogP contribution in [0, 0.1) is 0 Å². The molecule has 0 aliphatic carbocycles. The maximum atomic E-state index is 10.9. The molecule has 0 bridgehead atoms. The first-order valence-corrected chi connectivity index (χ1v) is 6.52. The van der Waals surface area contributed by atoms with Crippen LogP contribution in [0.3, 0.4) is 0 Å². The second-order valence-corrected chi connectivity index (χ2v) is 6.27. The lowest BCUT2D eigenvalue weighted by Gasteiger charge is -2.27.